The van der Waals surface area contributed by atoms with Gasteiger partial charge >= 0.3 is 0 Å². The Bertz CT molecular complexity index is 858. The van der Waals surface area contributed by atoms with Crippen molar-refractivity contribution >= 4 is 27.5 Å². The molecule has 0 saturated heterocycles. The first-order valence-corrected chi connectivity index (χ1v) is 9.45. The number of fused-ring (bicyclic) bond motifs is 1. The fourth-order valence-electron chi connectivity index (χ4n) is 3.72. The second-order valence-corrected chi connectivity index (χ2v) is 7.50. The molecule has 0 fully saturated rings. The molecule has 1 atom stereocenters. The van der Waals surface area contributed by atoms with Gasteiger partial charge in [0.15, 0.2) is 0 Å². The van der Waals surface area contributed by atoms with E-state index >= 15 is 0 Å². The fourth-order valence-corrected chi connectivity index (χ4v) is 4.49. The van der Waals surface area contributed by atoms with Crippen molar-refractivity contribution in [1.29, 1.82) is 0 Å². The molecule has 1 unspecified atom stereocenters. The van der Waals surface area contributed by atoms with Crippen molar-refractivity contribution in [3.05, 3.63) is 86.9 Å². The normalized spacial score (nSPS) is 15.1. The molecule has 0 spiro atoms. The van der Waals surface area contributed by atoms with Gasteiger partial charge < -0.3 is 4.57 Å². The summed E-state index contributed by atoms with van der Waals surface area (Å²) < 4.78 is 3.29. The highest BCUT2D eigenvalue weighted by molar-refractivity contribution is 9.10. The maximum absolute atomic E-state index is 6.49. The van der Waals surface area contributed by atoms with Crippen molar-refractivity contribution in [2.75, 3.05) is 0 Å². The van der Waals surface area contributed by atoms with E-state index in [9.17, 15) is 0 Å². The molecule has 4 rings (SSSR count). The number of benzene rings is 2. The van der Waals surface area contributed by atoms with Crippen LogP contribution >= 0.6 is 27.5 Å². The summed E-state index contributed by atoms with van der Waals surface area (Å²) in [6.45, 7) is 0. The van der Waals surface area contributed by atoms with Gasteiger partial charge in [-0.25, -0.2) is 4.98 Å². The monoisotopic (exact) mass is 400 g/mol. The van der Waals surface area contributed by atoms with Gasteiger partial charge in [0.1, 0.15) is 0 Å². The molecule has 0 bridgehead atoms. The Hall–Kier alpha value is -1.58. The molecule has 0 N–H and O–H groups in total. The van der Waals surface area contributed by atoms with Gasteiger partial charge in [0.05, 0.1) is 12.4 Å². The molecule has 1 aliphatic rings. The standard InChI is InChI=1S/C20H18BrClN2/c21-18-8-4-3-7-17(18)20(24-12-11-23-13-24)16-9-10-19(22)15-6-2-1-5-14(15)16/h3-4,7-13,20H,1-2,5-6H2. The van der Waals surface area contributed by atoms with Crippen LogP contribution in [0.25, 0.3) is 0 Å². The van der Waals surface area contributed by atoms with Crippen LogP contribution in [0.2, 0.25) is 5.02 Å². The van der Waals surface area contributed by atoms with Crippen LogP contribution in [0.1, 0.15) is 41.1 Å². The molecule has 0 radical (unpaired) electrons. The lowest BCUT2D eigenvalue weighted by Gasteiger charge is -2.27. The Balaban J connectivity index is 1.94. The Kier molecular flexibility index (Phi) is 4.47. The number of aromatic nitrogens is 2. The maximum atomic E-state index is 6.49. The first-order chi connectivity index (χ1) is 11.8. The molecule has 24 heavy (non-hydrogen) atoms. The van der Waals surface area contributed by atoms with E-state index < -0.39 is 0 Å². The smallest absolute Gasteiger partial charge is 0.0954 e. The number of hydrogen-bond donors (Lipinski definition) is 0. The van der Waals surface area contributed by atoms with Crippen LogP contribution < -0.4 is 0 Å². The van der Waals surface area contributed by atoms with E-state index in [-0.39, 0.29) is 6.04 Å². The summed E-state index contributed by atoms with van der Waals surface area (Å²) in [6, 6.07) is 12.8. The van der Waals surface area contributed by atoms with E-state index in [4.69, 9.17) is 11.6 Å². The summed E-state index contributed by atoms with van der Waals surface area (Å²) >= 11 is 10.2. The highest BCUT2D eigenvalue weighted by Gasteiger charge is 2.25. The summed E-state index contributed by atoms with van der Waals surface area (Å²) in [5.74, 6) is 0. The Labute approximate surface area is 155 Å². The highest BCUT2D eigenvalue weighted by atomic mass is 79.9. The molecule has 0 saturated carbocycles. The largest absolute Gasteiger partial charge is 0.326 e. The minimum Gasteiger partial charge on any atom is -0.326 e. The number of hydrogen-bond acceptors (Lipinski definition) is 1. The van der Waals surface area contributed by atoms with E-state index in [0.717, 1.165) is 22.3 Å². The lowest BCUT2D eigenvalue weighted by Crippen LogP contribution is -2.16. The van der Waals surface area contributed by atoms with Crippen molar-refractivity contribution < 1.29 is 0 Å². The molecule has 2 nitrogen and oxygen atoms in total. The SMILES string of the molecule is Clc1ccc(C(c2ccccc2Br)n2ccnc2)c2c1CCCC2. The van der Waals surface area contributed by atoms with Gasteiger partial charge in [0.25, 0.3) is 0 Å². The molecule has 0 amide bonds. The summed E-state index contributed by atoms with van der Waals surface area (Å²) in [5.41, 5.74) is 5.32. The summed E-state index contributed by atoms with van der Waals surface area (Å²) in [6.07, 6.45) is 10.4. The van der Waals surface area contributed by atoms with Crippen molar-refractivity contribution in [3.63, 3.8) is 0 Å². The van der Waals surface area contributed by atoms with Gasteiger partial charge in [-0.2, -0.15) is 0 Å². The van der Waals surface area contributed by atoms with Crippen LogP contribution in [0.5, 0.6) is 0 Å². The number of imidazole rings is 1. The lowest BCUT2D eigenvalue weighted by atomic mass is 9.84. The van der Waals surface area contributed by atoms with Crippen molar-refractivity contribution in [2.45, 2.75) is 31.7 Å². The zero-order chi connectivity index (χ0) is 16.5. The zero-order valence-corrected chi connectivity index (χ0v) is 15.6. The van der Waals surface area contributed by atoms with Crippen LogP contribution in [0, 0.1) is 0 Å². The number of halogens is 2. The molecule has 1 heterocycles. The Morgan fingerprint density at radius 2 is 1.79 bits per heavy atom. The molecule has 2 aromatic carbocycles. The molecule has 3 aromatic rings. The number of nitrogens with zero attached hydrogens (tertiary/aromatic N) is 2. The van der Waals surface area contributed by atoms with Gasteiger partial charge in [-0.1, -0.05) is 51.8 Å². The summed E-state index contributed by atoms with van der Waals surface area (Å²) in [7, 11) is 0. The first kappa shape index (κ1) is 15.9. The summed E-state index contributed by atoms with van der Waals surface area (Å²) in [4.78, 5) is 4.27. The Morgan fingerprint density at radius 3 is 2.54 bits per heavy atom. The quantitative estimate of drug-likeness (QED) is 0.541. The number of rotatable bonds is 3. The van der Waals surface area contributed by atoms with Crippen LogP contribution in [0.4, 0.5) is 0 Å². The molecule has 4 heteroatoms. The van der Waals surface area contributed by atoms with Gasteiger partial charge in [-0.15, -0.1) is 0 Å². The van der Waals surface area contributed by atoms with E-state index in [2.05, 4.69) is 61.9 Å². The second kappa shape index (κ2) is 6.73. The van der Waals surface area contributed by atoms with Crippen molar-refractivity contribution in [3.8, 4) is 0 Å². The molecular weight excluding hydrogens is 384 g/mol. The van der Waals surface area contributed by atoms with E-state index in [1.165, 1.54) is 35.1 Å². The van der Waals surface area contributed by atoms with E-state index in [0.29, 0.717) is 0 Å². The van der Waals surface area contributed by atoms with Crippen molar-refractivity contribution in [1.82, 2.24) is 9.55 Å². The Morgan fingerprint density at radius 1 is 1.00 bits per heavy atom. The third-order valence-corrected chi connectivity index (χ3v) is 5.91. The first-order valence-electron chi connectivity index (χ1n) is 8.27. The third-order valence-electron chi connectivity index (χ3n) is 4.83. The molecule has 0 aliphatic heterocycles. The highest BCUT2D eigenvalue weighted by Crippen LogP contribution is 2.39. The van der Waals surface area contributed by atoms with Crippen LogP contribution in [0.3, 0.4) is 0 Å². The zero-order valence-electron chi connectivity index (χ0n) is 13.3. The molecular formula is C20H18BrClN2. The van der Waals surface area contributed by atoms with E-state index in [1.807, 2.05) is 18.7 Å². The average molecular weight is 402 g/mol. The van der Waals surface area contributed by atoms with Gasteiger partial charge in [0, 0.05) is 21.9 Å². The second-order valence-electron chi connectivity index (χ2n) is 6.23. The van der Waals surface area contributed by atoms with Gasteiger partial charge in [-0.05, 0) is 60.1 Å². The van der Waals surface area contributed by atoms with Crippen LogP contribution in [-0.4, -0.2) is 9.55 Å². The average Bonchev–Trinajstić information content (AvgIpc) is 3.13. The van der Waals surface area contributed by atoms with Gasteiger partial charge in [0.2, 0.25) is 0 Å². The topological polar surface area (TPSA) is 17.8 Å². The van der Waals surface area contributed by atoms with Crippen molar-refractivity contribution in [2.24, 2.45) is 0 Å². The maximum Gasteiger partial charge on any atom is 0.0954 e. The van der Waals surface area contributed by atoms with E-state index in [1.54, 1.807) is 0 Å². The third kappa shape index (κ3) is 2.80. The predicted octanol–water partition coefficient (Wildman–Crippen LogP) is 5.82. The summed E-state index contributed by atoms with van der Waals surface area (Å²) in [5, 5.41) is 0.907. The predicted molar refractivity (Wildman–Crippen MR) is 102 cm³/mol. The van der Waals surface area contributed by atoms with Crippen LogP contribution in [0.15, 0.2) is 59.6 Å². The van der Waals surface area contributed by atoms with Crippen LogP contribution in [-0.2, 0) is 12.8 Å². The molecule has 1 aliphatic carbocycles. The minimum absolute atomic E-state index is 0.104. The fraction of sp³-hybridized carbons (Fsp3) is 0.250. The molecule has 122 valence electrons. The minimum atomic E-state index is 0.104. The lowest BCUT2D eigenvalue weighted by molar-refractivity contribution is 0.634. The van der Waals surface area contributed by atoms with Gasteiger partial charge in [-0.3, -0.25) is 0 Å². The molecule has 1 aromatic heterocycles.